The summed E-state index contributed by atoms with van der Waals surface area (Å²) in [4.78, 5) is 2.30. The van der Waals surface area contributed by atoms with Gasteiger partial charge >= 0.3 is 0 Å². The molecule has 106 valence electrons. The molecule has 0 saturated carbocycles. The van der Waals surface area contributed by atoms with Crippen LogP contribution in [0.25, 0.3) is 0 Å². The molecule has 1 aliphatic rings. The number of aliphatic hydroxyl groups excluding tert-OH is 1. The molecule has 1 heterocycles. The zero-order valence-corrected chi connectivity index (χ0v) is 12.1. The topological polar surface area (TPSA) is 41.9 Å². The molecule has 1 atom stereocenters. The van der Waals surface area contributed by atoms with E-state index in [1.165, 1.54) is 0 Å². The van der Waals surface area contributed by atoms with E-state index in [4.69, 9.17) is 9.47 Å². The van der Waals surface area contributed by atoms with Crippen molar-refractivity contribution < 1.29 is 14.6 Å². The van der Waals surface area contributed by atoms with Gasteiger partial charge in [0.1, 0.15) is 11.5 Å². The highest BCUT2D eigenvalue weighted by atomic mass is 16.5. The van der Waals surface area contributed by atoms with E-state index in [1.54, 1.807) is 14.2 Å². The molecule has 1 N–H and O–H groups in total. The van der Waals surface area contributed by atoms with Crippen molar-refractivity contribution in [1.82, 2.24) is 4.90 Å². The molecular weight excluding hydrogens is 242 g/mol. The van der Waals surface area contributed by atoms with Gasteiger partial charge in [-0.1, -0.05) is 0 Å². The fraction of sp³-hybridized carbons (Fsp3) is 0.600. The molecule has 4 nitrogen and oxygen atoms in total. The smallest absolute Gasteiger partial charge is 0.122 e. The summed E-state index contributed by atoms with van der Waals surface area (Å²) in [7, 11) is 3.31. The molecule has 1 aliphatic heterocycles. The van der Waals surface area contributed by atoms with E-state index in [1.807, 2.05) is 18.2 Å². The first-order valence-electron chi connectivity index (χ1n) is 6.62. The summed E-state index contributed by atoms with van der Waals surface area (Å²) in [5, 5.41) is 10.0. The molecule has 0 aromatic heterocycles. The quantitative estimate of drug-likeness (QED) is 0.904. The van der Waals surface area contributed by atoms with Crippen molar-refractivity contribution in [2.24, 2.45) is 0 Å². The van der Waals surface area contributed by atoms with Crippen molar-refractivity contribution in [3.05, 3.63) is 23.8 Å². The lowest BCUT2D eigenvalue weighted by Gasteiger charge is -2.33. The minimum absolute atomic E-state index is 0.184. The first kappa shape index (κ1) is 14.2. The van der Waals surface area contributed by atoms with Gasteiger partial charge in [-0.25, -0.2) is 0 Å². The van der Waals surface area contributed by atoms with E-state index in [2.05, 4.69) is 18.7 Å². The van der Waals surface area contributed by atoms with Gasteiger partial charge in [0.25, 0.3) is 0 Å². The van der Waals surface area contributed by atoms with Crippen LogP contribution in [0.4, 0.5) is 0 Å². The third kappa shape index (κ3) is 2.85. The van der Waals surface area contributed by atoms with Crippen molar-refractivity contribution in [1.29, 1.82) is 0 Å². The predicted octanol–water partition coefficient (Wildman–Crippen LogP) is 2.05. The average Bonchev–Trinajstić information content (AvgIpc) is 2.65. The number of likely N-dealkylation sites (tertiary alicyclic amines) is 1. The Hall–Kier alpha value is -1.26. The van der Waals surface area contributed by atoms with E-state index in [0.717, 1.165) is 36.6 Å². The first-order chi connectivity index (χ1) is 8.97. The highest BCUT2D eigenvalue weighted by Crippen LogP contribution is 2.32. The van der Waals surface area contributed by atoms with E-state index >= 15 is 0 Å². The van der Waals surface area contributed by atoms with Crippen LogP contribution >= 0.6 is 0 Å². The highest BCUT2D eigenvalue weighted by molar-refractivity contribution is 5.38. The Kier molecular flexibility index (Phi) is 4.02. The van der Waals surface area contributed by atoms with Crippen LogP contribution in [0.3, 0.4) is 0 Å². The predicted molar refractivity (Wildman–Crippen MR) is 74.7 cm³/mol. The molecule has 0 radical (unpaired) electrons. The Morgan fingerprint density at radius 1 is 1.21 bits per heavy atom. The van der Waals surface area contributed by atoms with Gasteiger partial charge in [-0.2, -0.15) is 0 Å². The zero-order valence-electron chi connectivity index (χ0n) is 12.1. The summed E-state index contributed by atoms with van der Waals surface area (Å²) in [5.41, 5.74) is 0.953. The SMILES string of the molecule is COc1cc(CN2CCC(O)C2(C)C)cc(OC)c1. The molecule has 1 aromatic rings. The van der Waals surface area contributed by atoms with Gasteiger partial charge in [-0.3, -0.25) is 4.90 Å². The maximum atomic E-state index is 10.0. The molecule has 0 bridgehead atoms. The lowest BCUT2D eigenvalue weighted by atomic mass is 9.98. The Morgan fingerprint density at radius 2 is 1.79 bits per heavy atom. The molecular formula is C15H23NO3. The molecule has 2 rings (SSSR count). The van der Waals surface area contributed by atoms with Crippen molar-refractivity contribution in [2.75, 3.05) is 20.8 Å². The van der Waals surface area contributed by atoms with Gasteiger partial charge in [0.05, 0.1) is 20.3 Å². The minimum atomic E-state index is -0.264. The van der Waals surface area contributed by atoms with Gasteiger partial charge < -0.3 is 14.6 Å². The fourth-order valence-electron chi connectivity index (χ4n) is 2.59. The van der Waals surface area contributed by atoms with Gasteiger partial charge in [-0.15, -0.1) is 0 Å². The number of benzene rings is 1. The summed E-state index contributed by atoms with van der Waals surface area (Å²) >= 11 is 0. The van der Waals surface area contributed by atoms with Gasteiger partial charge in [0.2, 0.25) is 0 Å². The fourth-order valence-corrected chi connectivity index (χ4v) is 2.59. The Bertz CT molecular complexity index is 423. The minimum Gasteiger partial charge on any atom is -0.497 e. The normalized spacial score (nSPS) is 22.5. The molecule has 0 aliphatic carbocycles. The number of rotatable bonds is 4. The van der Waals surface area contributed by atoms with Crippen LogP contribution in [0.15, 0.2) is 18.2 Å². The number of methoxy groups -OCH3 is 2. The summed E-state index contributed by atoms with van der Waals surface area (Å²) < 4.78 is 10.6. The summed E-state index contributed by atoms with van der Waals surface area (Å²) in [5.74, 6) is 1.60. The second kappa shape index (κ2) is 5.39. The largest absolute Gasteiger partial charge is 0.497 e. The van der Waals surface area contributed by atoms with Gasteiger partial charge in [0, 0.05) is 24.7 Å². The summed E-state index contributed by atoms with van der Waals surface area (Å²) in [6, 6.07) is 5.90. The van der Waals surface area contributed by atoms with E-state index in [9.17, 15) is 5.11 Å². The van der Waals surface area contributed by atoms with E-state index < -0.39 is 0 Å². The molecule has 1 unspecified atom stereocenters. The van der Waals surface area contributed by atoms with Crippen LogP contribution in [-0.2, 0) is 6.54 Å². The highest BCUT2D eigenvalue weighted by Gasteiger charge is 2.39. The van der Waals surface area contributed by atoms with E-state index in [0.29, 0.717) is 0 Å². The molecule has 1 fully saturated rings. The number of nitrogens with zero attached hydrogens (tertiary/aromatic N) is 1. The van der Waals surface area contributed by atoms with Crippen LogP contribution in [-0.4, -0.2) is 42.4 Å². The summed E-state index contributed by atoms with van der Waals surface area (Å²) in [6.45, 7) is 5.87. The van der Waals surface area contributed by atoms with Gasteiger partial charge in [0.15, 0.2) is 0 Å². The molecule has 0 amide bonds. The number of hydrogen-bond acceptors (Lipinski definition) is 4. The second-order valence-corrected chi connectivity index (χ2v) is 5.60. The Labute approximate surface area is 114 Å². The number of hydrogen-bond donors (Lipinski definition) is 1. The zero-order chi connectivity index (χ0) is 14.0. The van der Waals surface area contributed by atoms with E-state index in [-0.39, 0.29) is 11.6 Å². The van der Waals surface area contributed by atoms with Gasteiger partial charge in [-0.05, 0) is 38.0 Å². The molecule has 4 heteroatoms. The maximum Gasteiger partial charge on any atom is 0.122 e. The molecule has 1 aromatic carbocycles. The lowest BCUT2D eigenvalue weighted by molar-refractivity contribution is 0.0506. The third-order valence-electron chi connectivity index (χ3n) is 4.09. The van der Waals surface area contributed by atoms with Crippen LogP contribution in [0, 0.1) is 0 Å². The van der Waals surface area contributed by atoms with Crippen LogP contribution in [0.2, 0.25) is 0 Å². The monoisotopic (exact) mass is 265 g/mol. The summed E-state index contributed by atoms with van der Waals surface area (Å²) in [6.07, 6.45) is 0.564. The lowest BCUT2D eigenvalue weighted by Crippen LogP contribution is -2.44. The third-order valence-corrected chi connectivity index (χ3v) is 4.09. The molecule has 19 heavy (non-hydrogen) atoms. The van der Waals surface area contributed by atoms with Crippen LogP contribution in [0.5, 0.6) is 11.5 Å². The number of ether oxygens (including phenoxy) is 2. The molecule has 1 saturated heterocycles. The molecule has 0 spiro atoms. The average molecular weight is 265 g/mol. The Balaban J connectivity index is 2.19. The standard InChI is InChI=1S/C15H23NO3/c1-15(2)14(17)5-6-16(15)10-11-7-12(18-3)9-13(8-11)19-4/h7-9,14,17H,5-6,10H2,1-4H3. The maximum absolute atomic E-state index is 10.0. The van der Waals surface area contributed by atoms with Crippen molar-refractivity contribution in [3.63, 3.8) is 0 Å². The van der Waals surface area contributed by atoms with Crippen LogP contribution in [0.1, 0.15) is 25.8 Å². The van der Waals surface area contributed by atoms with Crippen LogP contribution < -0.4 is 9.47 Å². The second-order valence-electron chi connectivity index (χ2n) is 5.60. The van der Waals surface area contributed by atoms with Crippen molar-refractivity contribution >= 4 is 0 Å². The number of aliphatic hydroxyl groups is 1. The van der Waals surface area contributed by atoms with Crippen molar-refractivity contribution in [2.45, 2.75) is 38.5 Å². The first-order valence-corrected chi connectivity index (χ1v) is 6.62. The Morgan fingerprint density at radius 3 is 2.21 bits per heavy atom. The van der Waals surface area contributed by atoms with Crippen molar-refractivity contribution in [3.8, 4) is 11.5 Å².